The van der Waals surface area contributed by atoms with Crippen molar-refractivity contribution >= 4 is 5.69 Å². The Kier molecular flexibility index (Phi) is 3.51. The highest BCUT2D eigenvalue weighted by Gasteiger charge is 2.06. The van der Waals surface area contributed by atoms with Crippen LogP contribution in [0.1, 0.15) is 19.4 Å². The van der Waals surface area contributed by atoms with Crippen molar-refractivity contribution in [3.63, 3.8) is 0 Å². The molecule has 94 valence electrons. The van der Waals surface area contributed by atoms with Gasteiger partial charge in [0.05, 0.1) is 17.5 Å². The molecule has 18 heavy (non-hydrogen) atoms. The first kappa shape index (κ1) is 12.4. The molecule has 1 heterocycles. The van der Waals surface area contributed by atoms with Crippen LogP contribution in [0.25, 0.3) is 11.3 Å². The van der Waals surface area contributed by atoms with Gasteiger partial charge in [-0.05, 0) is 56.7 Å². The highest BCUT2D eigenvalue weighted by molar-refractivity contribution is 5.74. The van der Waals surface area contributed by atoms with Gasteiger partial charge in [-0.1, -0.05) is 0 Å². The van der Waals surface area contributed by atoms with Crippen molar-refractivity contribution in [2.45, 2.75) is 26.9 Å². The molecular formula is C15H18N2O. The Labute approximate surface area is 108 Å². The Bertz CT molecular complexity index is 533. The number of benzene rings is 1. The van der Waals surface area contributed by atoms with Gasteiger partial charge in [0.1, 0.15) is 5.75 Å². The van der Waals surface area contributed by atoms with Gasteiger partial charge >= 0.3 is 0 Å². The van der Waals surface area contributed by atoms with Crippen LogP contribution in [0.5, 0.6) is 5.75 Å². The summed E-state index contributed by atoms with van der Waals surface area (Å²) in [6.45, 7) is 6.00. The van der Waals surface area contributed by atoms with E-state index in [0.29, 0.717) is 0 Å². The van der Waals surface area contributed by atoms with Crippen LogP contribution in [0, 0.1) is 6.92 Å². The quantitative estimate of drug-likeness (QED) is 0.897. The van der Waals surface area contributed by atoms with E-state index >= 15 is 0 Å². The van der Waals surface area contributed by atoms with Crippen LogP contribution in [0.4, 0.5) is 5.69 Å². The van der Waals surface area contributed by atoms with E-state index in [1.165, 1.54) is 0 Å². The first-order valence-electron chi connectivity index (χ1n) is 6.06. The molecule has 2 aromatic rings. The summed E-state index contributed by atoms with van der Waals surface area (Å²) < 4.78 is 5.61. The van der Waals surface area contributed by atoms with Gasteiger partial charge in [-0.15, -0.1) is 0 Å². The molecule has 0 bridgehead atoms. The Morgan fingerprint density at radius 1 is 1.11 bits per heavy atom. The van der Waals surface area contributed by atoms with Crippen LogP contribution in [0.15, 0.2) is 36.5 Å². The molecule has 1 aromatic heterocycles. The summed E-state index contributed by atoms with van der Waals surface area (Å²) in [6, 6.07) is 9.76. The van der Waals surface area contributed by atoms with Gasteiger partial charge in [-0.25, -0.2) is 0 Å². The van der Waals surface area contributed by atoms with Crippen molar-refractivity contribution in [2.24, 2.45) is 0 Å². The predicted molar refractivity (Wildman–Crippen MR) is 74.6 cm³/mol. The monoisotopic (exact) mass is 242 g/mol. The lowest BCUT2D eigenvalue weighted by Gasteiger charge is -2.11. The Morgan fingerprint density at radius 3 is 2.39 bits per heavy atom. The molecule has 0 amide bonds. The number of rotatable bonds is 3. The molecule has 1 aromatic carbocycles. The third-order valence-electron chi connectivity index (χ3n) is 2.71. The second-order valence-electron chi connectivity index (χ2n) is 4.58. The van der Waals surface area contributed by atoms with Crippen LogP contribution in [0.2, 0.25) is 0 Å². The molecule has 0 spiro atoms. The third-order valence-corrected chi connectivity index (χ3v) is 2.71. The van der Waals surface area contributed by atoms with Crippen LogP contribution in [0.3, 0.4) is 0 Å². The van der Waals surface area contributed by atoms with Crippen LogP contribution in [-0.4, -0.2) is 11.1 Å². The molecule has 3 nitrogen and oxygen atoms in total. The topological polar surface area (TPSA) is 48.1 Å². The van der Waals surface area contributed by atoms with Gasteiger partial charge < -0.3 is 10.5 Å². The molecular weight excluding hydrogens is 224 g/mol. The highest BCUT2D eigenvalue weighted by atomic mass is 16.5. The van der Waals surface area contributed by atoms with Gasteiger partial charge in [-0.3, -0.25) is 4.98 Å². The fraction of sp³-hybridized carbons (Fsp3) is 0.267. The zero-order valence-corrected chi connectivity index (χ0v) is 11.0. The number of hydrogen-bond donors (Lipinski definition) is 1. The fourth-order valence-corrected chi connectivity index (χ4v) is 1.76. The number of anilines is 1. The number of ether oxygens (including phenoxy) is 1. The van der Waals surface area contributed by atoms with E-state index in [2.05, 4.69) is 4.98 Å². The van der Waals surface area contributed by atoms with Gasteiger partial charge in [0.25, 0.3) is 0 Å². The van der Waals surface area contributed by atoms with Crippen molar-refractivity contribution in [1.82, 2.24) is 4.98 Å². The number of nitrogen functional groups attached to an aromatic ring is 1. The minimum Gasteiger partial charge on any atom is -0.491 e. The summed E-state index contributed by atoms with van der Waals surface area (Å²) in [6.07, 6.45) is 1.96. The first-order valence-corrected chi connectivity index (χ1v) is 6.06. The van der Waals surface area contributed by atoms with Crippen molar-refractivity contribution < 1.29 is 4.74 Å². The zero-order valence-electron chi connectivity index (χ0n) is 11.0. The van der Waals surface area contributed by atoms with Gasteiger partial charge in [0.15, 0.2) is 0 Å². The van der Waals surface area contributed by atoms with Crippen LogP contribution < -0.4 is 10.5 Å². The second-order valence-corrected chi connectivity index (χ2v) is 4.58. The largest absolute Gasteiger partial charge is 0.491 e. The maximum Gasteiger partial charge on any atom is 0.119 e. The Balaban J connectivity index is 2.32. The summed E-state index contributed by atoms with van der Waals surface area (Å²) in [7, 11) is 0. The van der Waals surface area contributed by atoms with E-state index in [-0.39, 0.29) is 6.10 Å². The van der Waals surface area contributed by atoms with E-state index < -0.39 is 0 Å². The van der Waals surface area contributed by atoms with Crippen molar-refractivity contribution in [3.8, 4) is 17.0 Å². The molecule has 2 rings (SSSR count). The van der Waals surface area contributed by atoms with Gasteiger partial charge in [-0.2, -0.15) is 0 Å². The van der Waals surface area contributed by atoms with E-state index in [1.807, 2.05) is 51.1 Å². The minimum atomic E-state index is 0.179. The highest BCUT2D eigenvalue weighted by Crippen LogP contribution is 2.27. The average Bonchev–Trinajstić information content (AvgIpc) is 2.33. The van der Waals surface area contributed by atoms with Crippen LogP contribution in [-0.2, 0) is 0 Å². The van der Waals surface area contributed by atoms with Gasteiger partial charge in [0.2, 0.25) is 0 Å². The molecule has 0 fully saturated rings. The molecule has 0 aliphatic heterocycles. The van der Waals surface area contributed by atoms with E-state index in [4.69, 9.17) is 10.5 Å². The second kappa shape index (κ2) is 5.08. The molecule has 0 aliphatic rings. The molecule has 2 N–H and O–H groups in total. The summed E-state index contributed by atoms with van der Waals surface area (Å²) >= 11 is 0. The normalized spacial score (nSPS) is 10.7. The lowest BCUT2D eigenvalue weighted by molar-refractivity contribution is 0.242. The SMILES string of the molecule is Cc1ccnc(-c2ccc(OC(C)C)cc2)c1N. The molecule has 3 heteroatoms. The predicted octanol–water partition coefficient (Wildman–Crippen LogP) is 3.43. The Hall–Kier alpha value is -2.03. The summed E-state index contributed by atoms with van der Waals surface area (Å²) in [5.74, 6) is 0.861. The molecule has 0 saturated carbocycles. The lowest BCUT2D eigenvalue weighted by Crippen LogP contribution is -2.05. The number of nitrogens with zero attached hydrogens (tertiary/aromatic N) is 1. The lowest BCUT2D eigenvalue weighted by atomic mass is 10.1. The van der Waals surface area contributed by atoms with Crippen molar-refractivity contribution in [2.75, 3.05) is 5.73 Å². The van der Waals surface area contributed by atoms with Crippen molar-refractivity contribution in [1.29, 1.82) is 0 Å². The van der Waals surface area contributed by atoms with Crippen molar-refractivity contribution in [3.05, 3.63) is 42.1 Å². The summed E-state index contributed by atoms with van der Waals surface area (Å²) in [4.78, 5) is 4.33. The average molecular weight is 242 g/mol. The zero-order chi connectivity index (χ0) is 13.1. The fourth-order valence-electron chi connectivity index (χ4n) is 1.76. The maximum absolute atomic E-state index is 6.04. The summed E-state index contributed by atoms with van der Waals surface area (Å²) in [5.41, 5.74) is 9.65. The standard InChI is InChI=1S/C15H18N2O/c1-10(2)18-13-6-4-12(5-7-13)15-14(16)11(3)8-9-17-15/h4-10H,16H2,1-3H3. The molecule has 0 aliphatic carbocycles. The molecule has 0 unspecified atom stereocenters. The first-order chi connectivity index (χ1) is 8.58. The molecule has 0 radical (unpaired) electrons. The molecule has 0 saturated heterocycles. The van der Waals surface area contributed by atoms with Gasteiger partial charge in [0, 0.05) is 11.8 Å². The van der Waals surface area contributed by atoms with Crippen LogP contribution >= 0.6 is 0 Å². The Morgan fingerprint density at radius 2 is 1.78 bits per heavy atom. The van der Waals surface area contributed by atoms with E-state index in [9.17, 15) is 0 Å². The number of pyridine rings is 1. The summed E-state index contributed by atoms with van der Waals surface area (Å²) in [5, 5.41) is 0. The minimum absolute atomic E-state index is 0.179. The van der Waals surface area contributed by atoms with E-state index in [0.717, 1.165) is 28.3 Å². The smallest absolute Gasteiger partial charge is 0.119 e. The third kappa shape index (κ3) is 2.62. The number of hydrogen-bond acceptors (Lipinski definition) is 3. The van der Waals surface area contributed by atoms with E-state index in [1.54, 1.807) is 6.20 Å². The number of nitrogens with two attached hydrogens (primary N) is 1. The number of aryl methyl sites for hydroxylation is 1. The maximum atomic E-state index is 6.04. The number of aromatic nitrogens is 1. The molecule has 0 atom stereocenters.